The molecule has 3 atom stereocenters. The lowest BCUT2D eigenvalue weighted by Crippen LogP contribution is -2.53. The summed E-state index contributed by atoms with van der Waals surface area (Å²) in [4.78, 5) is 4.88. The third kappa shape index (κ3) is 7.14. The van der Waals surface area contributed by atoms with Gasteiger partial charge >= 0.3 is 0 Å². The van der Waals surface area contributed by atoms with Crippen LogP contribution in [0.2, 0.25) is 0 Å². The summed E-state index contributed by atoms with van der Waals surface area (Å²) in [6.45, 7) is 7.62. The SMILES string of the molecule is C[C@H]1COC(c2ccccc2CN(Cc2ccccc2)P2OC(c3ccccc3)(c3ccccc3)[C@H]3OC(C)(C)O[C@@H]3C(c3ccccc3)(c3ccccc3)O2)=N1. The predicted molar refractivity (Wildman–Crippen MR) is 224 cm³/mol. The van der Waals surface area contributed by atoms with E-state index in [1.165, 1.54) is 0 Å². The first-order valence-corrected chi connectivity index (χ1v) is 20.8. The minimum Gasteiger partial charge on any atom is -0.475 e. The van der Waals surface area contributed by atoms with Crippen LogP contribution in [0, 0.1) is 0 Å². The van der Waals surface area contributed by atoms with Crippen LogP contribution in [0.1, 0.15) is 59.7 Å². The van der Waals surface area contributed by atoms with Gasteiger partial charge in [0.05, 0.1) is 6.04 Å². The Morgan fingerprint density at radius 3 is 1.42 bits per heavy atom. The van der Waals surface area contributed by atoms with Crippen molar-refractivity contribution in [2.75, 3.05) is 6.61 Å². The van der Waals surface area contributed by atoms with Crippen molar-refractivity contribution in [3.8, 4) is 0 Å². The normalized spacial score (nSPS) is 22.3. The van der Waals surface area contributed by atoms with E-state index in [0.717, 1.165) is 38.9 Å². The molecular formula is C49H47N2O5P. The van der Waals surface area contributed by atoms with E-state index in [-0.39, 0.29) is 6.04 Å². The second-order valence-electron chi connectivity index (χ2n) is 15.4. The van der Waals surface area contributed by atoms with Gasteiger partial charge in [-0.1, -0.05) is 170 Å². The third-order valence-electron chi connectivity index (χ3n) is 11.0. The molecule has 0 amide bonds. The summed E-state index contributed by atoms with van der Waals surface area (Å²) in [6, 6.07) is 60.8. The lowest BCUT2D eigenvalue weighted by Gasteiger charge is -2.41. The van der Waals surface area contributed by atoms with Gasteiger partial charge in [-0.2, -0.15) is 0 Å². The van der Waals surface area contributed by atoms with Gasteiger partial charge in [-0.25, -0.2) is 9.66 Å². The van der Waals surface area contributed by atoms with E-state index in [9.17, 15) is 0 Å². The van der Waals surface area contributed by atoms with Crippen molar-refractivity contribution in [2.24, 2.45) is 4.99 Å². The molecule has 3 aliphatic rings. The topological polar surface area (TPSA) is 61.8 Å². The zero-order valence-corrected chi connectivity index (χ0v) is 33.4. The van der Waals surface area contributed by atoms with E-state index in [1.807, 2.05) is 50.2 Å². The number of nitrogens with zero attached hydrogens (tertiary/aromatic N) is 2. The Balaban J connectivity index is 1.32. The first kappa shape index (κ1) is 37.6. The summed E-state index contributed by atoms with van der Waals surface area (Å²) in [6.07, 6.45) is -1.34. The molecule has 0 saturated carbocycles. The average molecular weight is 775 g/mol. The summed E-state index contributed by atoms with van der Waals surface area (Å²) in [5, 5.41) is 0. The molecule has 3 aliphatic heterocycles. The maximum absolute atomic E-state index is 7.97. The fourth-order valence-corrected chi connectivity index (χ4v) is 10.4. The van der Waals surface area contributed by atoms with Crippen LogP contribution in [-0.2, 0) is 47.5 Å². The third-order valence-corrected chi connectivity index (χ3v) is 12.6. The zero-order chi connectivity index (χ0) is 38.9. The van der Waals surface area contributed by atoms with Crippen LogP contribution < -0.4 is 0 Å². The van der Waals surface area contributed by atoms with Gasteiger partial charge < -0.3 is 23.3 Å². The molecule has 57 heavy (non-hydrogen) atoms. The minimum atomic E-state index is -1.98. The summed E-state index contributed by atoms with van der Waals surface area (Å²) in [5.74, 6) is -0.314. The molecule has 0 aromatic heterocycles. The molecule has 0 bridgehead atoms. The Morgan fingerprint density at radius 2 is 0.982 bits per heavy atom. The summed E-state index contributed by atoms with van der Waals surface area (Å²) in [5.41, 5.74) is 4.58. The number of aliphatic imine (C=N–C) groups is 1. The Kier molecular flexibility index (Phi) is 10.4. The van der Waals surface area contributed by atoms with Crippen LogP contribution in [0.5, 0.6) is 0 Å². The molecule has 0 spiro atoms. The molecule has 6 aromatic carbocycles. The van der Waals surface area contributed by atoms with Crippen molar-refractivity contribution < 1.29 is 23.3 Å². The second kappa shape index (κ2) is 15.8. The average Bonchev–Trinajstić information content (AvgIpc) is 3.81. The van der Waals surface area contributed by atoms with Crippen molar-refractivity contribution in [1.29, 1.82) is 0 Å². The van der Waals surface area contributed by atoms with Crippen molar-refractivity contribution in [3.63, 3.8) is 0 Å². The van der Waals surface area contributed by atoms with Gasteiger partial charge in [0.15, 0.2) is 17.0 Å². The minimum absolute atomic E-state index is 0.0877. The molecule has 8 heteroatoms. The molecule has 2 saturated heterocycles. The number of fused-ring (bicyclic) bond motifs is 1. The Labute approximate surface area is 336 Å². The molecule has 0 radical (unpaired) electrons. The van der Waals surface area contributed by atoms with Gasteiger partial charge in [-0.05, 0) is 60.2 Å². The van der Waals surface area contributed by atoms with Gasteiger partial charge in [-0.15, -0.1) is 0 Å². The van der Waals surface area contributed by atoms with E-state index in [4.69, 9.17) is 28.3 Å². The predicted octanol–water partition coefficient (Wildman–Crippen LogP) is 10.5. The van der Waals surface area contributed by atoms with Crippen LogP contribution in [0.4, 0.5) is 0 Å². The number of benzene rings is 6. The van der Waals surface area contributed by atoms with E-state index in [1.54, 1.807) is 0 Å². The van der Waals surface area contributed by atoms with Gasteiger partial charge in [0, 0.05) is 18.7 Å². The smallest absolute Gasteiger partial charge is 0.262 e. The van der Waals surface area contributed by atoms with Gasteiger partial charge in [0.2, 0.25) is 5.90 Å². The van der Waals surface area contributed by atoms with Gasteiger partial charge in [-0.3, -0.25) is 0 Å². The largest absolute Gasteiger partial charge is 0.475 e. The molecule has 288 valence electrons. The lowest BCUT2D eigenvalue weighted by atomic mass is 9.72. The molecule has 0 unspecified atom stereocenters. The van der Waals surface area contributed by atoms with Crippen LogP contribution in [0.25, 0.3) is 0 Å². The van der Waals surface area contributed by atoms with Crippen LogP contribution in [0.15, 0.2) is 181 Å². The molecule has 3 heterocycles. The molecular weight excluding hydrogens is 728 g/mol. The molecule has 9 rings (SSSR count). The highest BCUT2D eigenvalue weighted by Gasteiger charge is 2.67. The van der Waals surface area contributed by atoms with Crippen LogP contribution >= 0.6 is 8.53 Å². The van der Waals surface area contributed by atoms with Gasteiger partial charge in [0.1, 0.15) is 18.8 Å². The number of hydrogen-bond acceptors (Lipinski definition) is 7. The molecule has 0 N–H and O–H groups in total. The number of ether oxygens (including phenoxy) is 3. The van der Waals surface area contributed by atoms with E-state index in [0.29, 0.717) is 25.6 Å². The maximum Gasteiger partial charge on any atom is 0.262 e. The maximum atomic E-state index is 7.97. The summed E-state index contributed by atoms with van der Waals surface area (Å²) < 4.78 is 38.9. The highest BCUT2D eigenvalue weighted by molar-refractivity contribution is 7.44. The summed E-state index contributed by atoms with van der Waals surface area (Å²) >= 11 is 0. The van der Waals surface area contributed by atoms with Crippen LogP contribution in [0.3, 0.4) is 0 Å². The van der Waals surface area contributed by atoms with Crippen molar-refractivity contribution >= 4 is 14.4 Å². The summed E-state index contributed by atoms with van der Waals surface area (Å²) in [7, 11) is -1.98. The fourth-order valence-electron chi connectivity index (χ4n) is 8.43. The van der Waals surface area contributed by atoms with E-state index >= 15 is 0 Å². The molecule has 0 aliphatic carbocycles. The number of rotatable bonds is 10. The molecule has 6 aromatic rings. The monoisotopic (exact) mass is 774 g/mol. The van der Waals surface area contributed by atoms with Crippen LogP contribution in [-0.4, -0.2) is 41.2 Å². The Morgan fingerprint density at radius 1 is 0.561 bits per heavy atom. The lowest BCUT2D eigenvalue weighted by molar-refractivity contribution is -0.175. The quantitative estimate of drug-likeness (QED) is 0.129. The van der Waals surface area contributed by atoms with Crippen molar-refractivity contribution in [2.45, 2.75) is 69.1 Å². The first-order chi connectivity index (χ1) is 27.9. The Bertz CT molecular complexity index is 2110. The highest BCUT2D eigenvalue weighted by Crippen LogP contribution is 2.66. The Hall–Kier alpha value is -4.98. The van der Waals surface area contributed by atoms with Gasteiger partial charge in [0.25, 0.3) is 8.53 Å². The number of hydrogen-bond donors (Lipinski definition) is 0. The van der Waals surface area contributed by atoms with Crippen molar-refractivity contribution in [3.05, 3.63) is 215 Å². The van der Waals surface area contributed by atoms with E-state index in [2.05, 4.69) is 151 Å². The standard InChI is InChI=1S/C49H47N2O5P/c1-36-35-52-46(50-36)43-32-20-19-23-38(43)34-51(33-37-21-9-4-10-22-37)57-55-48(39-24-11-5-12-25-39,40-26-13-6-14-27-40)44-45(54-47(2,3)53-44)49(56-57,41-28-15-7-16-29-41)42-30-17-8-18-31-42/h4-32,36,44-45H,33-35H2,1-3H3/t36-,44-,45-/m0/s1. The second-order valence-corrected chi connectivity index (χ2v) is 16.8. The first-order valence-electron chi connectivity index (χ1n) is 19.7. The highest BCUT2D eigenvalue weighted by atomic mass is 31.2. The van der Waals surface area contributed by atoms with E-state index < -0.39 is 37.7 Å². The fraction of sp³-hybridized carbons (Fsp3) is 0.245. The zero-order valence-electron chi connectivity index (χ0n) is 32.5. The van der Waals surface area contributed by atoms with Crippen molar-refractivity contribution in [1.82, 2.24) is 4.67 Å². The molecule has 2 fully saturated rings. The molecule has 7 nitrogen and oxygen atoms in total.